The molecule has 0 unspecified atom stereocenters. The van der Waals surface area contributed by atoms with Gasteiger partial charge in [-0.25, -0.2) is 8.78 Å². The lowest BCUT2D eigenvalue weighted by Crippen LogP contribution is -2.15. The lowest BCUT2D eigenvalue weighted by Gasteiger charge is -2.10. The Labute approximate surface area is 130 Å². The van der Waals surface area contributed by atoms with Crippen molar-refractivity contribution in [3.8, 4) is 0 Å². The number of anilines is 1. The van der Waals surface area contributed by atoms with Gasteiger partial charge in [-0.1, -0.05) is 22.0 Å². The predicted molar refractivity (Wildman–Crippen MR) is 82.3 cm³/mol. The Balaban J connectivity index is 2.09. The van der Waals surface area contributed by atoms with Crippen LogP contribution in [0.3, 0.4) is 0 Å². The number of amides is 1. The summed E-state index contributed by atoms with van der Waals surface area (Å²) in [6.45, 7) is 3.87. The standard InChI is InChI=1S/C16H14BrF2NO/c1-9-5-12(6-10(2)16(9)17)20-15(21)8-11-3-4-13(18)14(19)7-11/h3-7H,8H2,1-2H3,(H,20,21). The van der Waals surface area contributed by atoms with Crippen LogP contribution in [-0.4, -0.2) is 5.91 Å². The van der Waals surface area contributed by atoms with Gasteiger partial charge in [-0.05, 0) is 54.8 Å². The Morgan fingerprint density at radius 2 is 1.71 bits per heavy atom. The summed E-state index contributed by atoms with van der Waals surface area (Å²) in [5.74, 6) is -2.14. The molecule has 21 heavy (non-hydrogen) atoms. The molecule has 1 N–H and O–H groups in total. The molecule has 2 nitrogen and oxygen atoms in total. The normalized spacial score (nSPS) is 10.5. The van der Waals surface area contributed by atoms with Crippen LogP contribution in [-0.2, 0) is 11.2 Å². The summed E-state index contributed by atoms with van der Waals surface area (Å²) < 4.78 is 26.9. The van der Waals surface area contributed by atoms with Crippen LogP contribution in [0.1, 0.15) is 16.7 Å². The Bertz CT molecular complexity index is 678. The molecule has 0 spiro atoms. The number of benzene rings is 2. The van der Waals surface area contributed by atoms with Crippen LogP contribution in [0.4, 0.5) is 14.5 Å². The van der Waals surface area contributed by atoms with Crippen LogP contribution in [0.5, 0.6) is 0 Å². The van der Waals surface area contributed by atoms with Crippen molar-refractivity contribution >= 4 is 27.5 Å². The summed E-state index contributed by atoms with van der Waals surface area (Å²) in [7, 11) is 0. The second-order valence-electron chi connectivity index (χ2n) is 4.90. The first kappa shape index (κ1) is 15.6. The largest absolute Gasteiger partial charge is 0.326 e. The molecule has 0 bridgehead atoms. The Kier molecular flexibility index (Phi) is 4.73. The highest BCUT2D eigenvalue weighted by Crippen LogP contribution is 2.25. The molecule has 0 saturated heterocycles. The van der Waals surface area contributed by atoms with Gasteiger partial charge in [0, 0.05) is 10.2 Å². The molecular formula is C16H14BrF2NO. The zero-order valence-corrected chi connectivity index (χ0v) is 13.2. The van der Waals surface area contributed by atoms with Gasteiger partial charge in [0.25, 0.3) is 0 Å². The fourth-order valence-corrected chi connectivity index (χ4v) is 2.29. The molecule has 1 amide bonds. The fourth-order valence-electron chi connectivity index (χ4n) is 2.06. The first-order chi connectivity index (χ1) is 9.86. The number of carbonyl (C=O) groups excluding carboxylic acids is 1. The zero-order chi connectivity index (χ0) is 15.6. The van der Waals surface area contributed by atoms with E-state index >= 15 is 0 Å². The smallest absolute Gasteiger partial charge is 0.228 e. The first-order valence-corrected chi connectivity index (χ1v) is 7.16. The number of hydrogen-bond acceptors (Lipinski definition) is 1. The van der Waals surface area contributed by atoms with Gasteiger partial charge in [0.05, 0.1) is 6.42 Å². The molecule has 110 valence electrons. The zero-order valence-electron chi connectivity index (χ0n) is 11.6. The van der Waals surface area contributed by atoms with Crippen LogP contribution in [0, 0.1) is 25.5 Å². The van der Waals surface area contributed by atoms with Gasteiger partial charge >= 0.3 is 0 Å². The minimum absolute atomic E-state index is 0.00857. The number of aryl methyl sites for hydroxylation is 2. The summed E-state index contributed by atoms with van der Waals surface area (Å²) >= 11 is 3.46. The van der Waals surface area contributed by atoms with Crippen molar-refractivity contribution in [3.05, 3.63) is 63.1 Å². The maximum absolute atomic E-state index is 13.1. The van der Waals surface area contributed by atoms with Crippen LogP contribution >= 0.6 is 15.9 Å². The van der Waals surface area contributed by atoms with E-state index in [2.05, 4.69) is 21.2 Å². The molecule has 5 heteroatoms. The van der Waals surface area contributed by atoms with Crippen molar-refractivity contribution in [2.45, 2.75) is 20.3 Å². The Hall–Kier alpha value is -1.75. The van der Waals surface area contributed by atoms with Crippen molar-refractivity contribution < 1.29 is 13.6 Å². The Morgan fingerprint density at radius 3 is 2.29 bits per heavy atom. The van der Waals surface area contributed by atoms with Crippen LogP contribution < -0.4 is 5.32 Å². The number of hydrogen-bond donors (Lipinski definition) is 1. The van der Waals surface area contributed by atoms with E-state index in [4.69, 9.17) is 0 Å². The molecule has 2 rings (SSSR count). The first-order valence-electron chi connectivity index (χ1n) is 6.37. The summed E-state index contributed by atoms with van der Waals surface area (Å²) in [4.78, 5) is 11.9. The number of carbonyl (C=O) groups is 1. The summed E-state index contributed by atoms with van der Waals surface area (Å²) in [5, 5.41) is 2.76. The highest BCUT2D eigenvalue weighted by Gasteiger charge is 2.09. The van der Waals surface area contributed by atoms with E-state index in [0.717, 1.165) is 27.7 Å². The van der Waals surface area contributed by atoms with Gasteiger partial charge in [0.15, 0.2) is 11.6 Å². The number of halogens is 3. The highest BCUT2D eigenvalue weighted by molar-refractivity contribution is 9.10. The summed E-state index contributed by atoms with van der Waals surface area (Å²) in [6, 6.07) is 7.15. The lowest BCUT2D eigenvalue weighted by molar-refractivity contribution is -0.115. The van der Waals surface area contributed by atoms with E-state index < -0.39 is 11.6 Å². The monoisotopic (exact) mass is 353 g/mol. The second-order valence-corrected chi connectivity index (χ2v) is 5.69. The van der Waals surface area contributed by atoms with Crippen LogP contribution in [0.2, 0.25) is 0 Å². The van der Waals surface area contributed by atoms with Crippen molar-refractivity contribution in [1.29, 1.82) is 0 Å². The number of rotatable bonds is 3. The van der Waals surface area contributed by atoms with Crippen molar-refractivity contribution in [3.63, 3.8) is 0 Å². The lowest BCUT2D eigenvalue weighted by atomic mass is 10.1. The van der Waals surface area contributed by atoms with Gasteiger partial charge in [0.2, 0.25) is 5.91 Å². The van der Waals surface area contributed by atoms with E-state index in [0.29, 0.717) is 11.3 Å². The average molecular weight is 354 g/mol. The van der Waals surface area contributed by atoms with E-state index in [1.807, 2.05) is 26.0 Å². The van der Waals surface area contributed by atoms with Gasteiger partial charge in [-0.2, -0.15) is 0 Å². The summed E-state index contributed by atoms with van der Waals surface area (Å²) in [6.07, 6.45) is -0.00857. The molecule has 0 atom stereocenters. The van der Waals surface area contributed by atoms with Crippen LogP contribution in [0.15, 0.2) is 34.8 Å². The molecule has 2 aromatic rings. The molecule has 0 aliphatic carbocycles. The third-order valence-corrected chi connectivity index (χ3v) is 4.32. The predicted octanol–water partition coefficient (Wildman–Crippen LogP) is 4.53. The van der Waals surface area contributed by atoms with Gasteiger partial charge in [-0.3, -0.25) is 4.79 Å². The van der Waals surface area contributed by atoms with Crippen molar-refractivity contribution in [2.75, 3.05) is 5.32 Å². The van der Waals surface area contributed by atoms with Crippen LogP contribution in [0.25, 0.3) is 0 Å². The SMILES string of the molecule is Cc1cc(NC(=O)Cc2ccc(F)c(F)c2)cc(C)c1Br. The maximum Gasteiger partial charge on any atom is 0.228 e. The molecule has 0 aromatic heterocycles. The molecular weight excluding hydrogens is 340 g/mol. The average Bonchev–Trinajstić information content (AvgIpc) is 2.40. The molecule has 0 heterocycles. The maximum atomic E-state index is 13.1. The van der Waals surface area contributed by atoms with Gasteiger partial charge in [-0.15, -0.1) is 0 Å². The van der Waals surface area contributed by atoms with E-state index in [1.54, 1.807) is 0 Å². The quantitative estimate of drug-likeness (QED) is 0.863. The minimum atomic E-state index is -0.948. The molecule has 0 aliphatic heterocycles. The summed E-state index contributed by atoms with van der Waals surface area (Å²) in [5.41, 5.74) is 3.13. The second kappa shape index (κ2) is 6.35. The topological polar surface area (TPSA) is 29.1 Å². The third-order valence-electron chi connectivity index (χ3n) is 3.07. The third kappa shape index (κ3) is 3.88. The highest BCUT2D eigenvalue weighted by atomic mass is 79.9. The van der Waals surface area contributed by atoms with E-state index in [1.165, 1.54) is 6.07 Å². The molecule has 0 aliphatic rings. The Morgan fingerprint density at radius 1 is 1.10 bits per heavy atom. The van der Waals surface area contributed by atoms with E-state index in [9.17, 15) is 13.6 Å². The molecule has 0 radical (unpaired) electrons. The van der Waals surface area contributed by atoms with Gasteiger partial charge in [0.1, 0.15) is 0 Å². The van der Waals surface area contributed by atoms with E-state index in [-0.39, 0.29) is 12.3 Å². The fraction of sp³-hybridized carbons (Fsp3) is 0.188. The minimum Gasteiger partial charge on any atom is -0.326 e. The van der Waals surface area contributed by atoms with Gasteiger partial charge < -0.3 is 5.32 Å². The molecule has 2 aromatic carbocycles. The number of nitrogens with one attached hydrogen (secondary N) is 1. The van der Waals surface area contributed by atoms with Crippen molar-refractivity contribution in [2.24, 2.45) is 0 Å². The van der Waals surface area contributed by atoms with Crippen molar-refractivity contribution in [1.82, 2.24) is 0 Å². The molecule has 0 saturated carbocycles. The molecule has 0 fully saturated rings.